The van der Waals surface area contributed by atoms with Crippen LogP contribution in [0.15, 0.2) is 18.2 Å². The van der Waals surface area contributed by atoms with Crippen LogP contribution in [-0.2, 0) is 11.2 Å². The van der Waals surface area contributed by atoms with Crippen LogP contribution in [0.25, 0.3) is 0 Å². The first-order valence-corrected chi connectivity index (χ1v) is 6.70. The Morgan fingerprint density at radius 1 is 1.29 bits per heavy atom. The number of rotatable bonds is 6. The van der Waals surface area contributed by atoms with Gasteiger partial charge in [-0.15, -0.1) is 0 Å². The van der Waals surface area contributed by atoms with Crippen LogP contribution in [-0.4, -0.2) is 5.78 Å². The molecule has 0 atom stereocenters. The van der Waals surface area contributed by atoms with E-state index in [9.17, 15) is 4.79 Å². The maximum atomic E-state index is 11.7. The Morgan fingerprint density at radius 3 is 2.59 bits per heavy atom. The molecule has 0 fully saturated rings. The molecule has 0 N–H and O–H groups in total. The Hall–Kier alpha value is -0.530. The number of benzene rings is 1. The van der Waals surface area contributed by atoms with Gasteiger partial charge in [0.15, 0.2) is 0 Å². The second-order valence-electron chi connectivity index (χ2n) is 4.74. The Morgan fingerprint density at radius 2 is 2.00 bits per heavy atom. The summed E-state index contributed by atoms with van der Waals surface area (Å²) in [5.41, 5.74) is 0.866. The Kier molecular flexibility index (Phi) is 6.01. The molecule has 0 bridgehead atoms. The highest BCUT2D eigenvalue weighted by atomic mass is 35.5. The molecule has 0 amide bonds. The number of Topliss-reactive ketones (excluding diaryl/α,β-unsaturated/α-hetero) is 1. The molecule has 0 saturated carbocycles. The fraction of sp³-hybridized carbons (Fsp3) is 0.500. The van der Waals surface area contributed by atoms with Crippen LogP contribution >= 0.6 is 23.2 Å². The van der Waals surface area contributed by atoms with E-state index in [4.69, 9.17) is 23.2 Å². The molecule has 0 aromatic heterocycles. The third-order valence-electron chi connectivity index (χ3n) is 2.64. The fourth-order valence-electron chi connectivity index (χ4n) is 1.67. The standard InChI is InChI=1S/C14H18Cl2O/c1-10(2)4-3-5-13(17)8-11-6-7-12(15)9-14(11)16/h6-7,9-10H,3-5,8H2,1-2H3. The molecule has 0 aliphatic rings. The molecule has 1 aromatic carbocycles. The smallest absolute Gasteiger partial charge is 0.137 e. The zero-order valence-corrected chi connectivity index (χ0v) is 11.8. The molecule has 1 nitrogen and oxygen atoms in total. The zero-order chi connectivity index (χ0) is 12.8. The van der Waals surface area contributed by atoms with Gasteiger partial charge >= 0.3 is 0 Å². The molecule has 3 heteroatoms. The molecule has 0 spiro atoms. The van der Waals surface area contributed by atoms with Crippen molar-refractivity contribution in [2.75, 3.05) is 0 Å². The van der Waals surface area contributed by atoms with Gasteiger partial charge in [-0.1, -0.05) is 49.5 Å². The summed E-state index contributed by atoms with van der Waals surface area (Å²) >= 11 is 11.8. The molecular formula is C14H18Cl2O. The van der Waals surface area contributed by atoms with E-state index in [2.05, 4.69) is 13.8 Å². The highest BCUT2D eigenvalue weighted by Crippen LogP contribution is 2.22. The van der Waals surface area contributed by atoms with E-state index < -0.39 is 0 Å². The molecule has 0 radical (unpaired) electrons. The van der Waals surface area contributed by atoms with Crippen molar-refractivity contribution >= 4 is 29.0 Å². The first kappa shape index (κ1) is 14.5. The highest BCUT2D eigenvalue weighted by Gasteiger charge is 2.08. The molecule has 0 heterocycles. The van der Waals surface area contributed by atoms with Crippen molar-refractivity contribution in [3.63, 3.8) is 0 Å². The van der Waals surface area contributed by atoms with Crippen LogP contribution in [0.5, 0.6) is 0 Å². The highest BCUT2D eigenvalue weighted by molar-refractivity contribution is 6.35. The lowest BCUT2D eigenvalue weighted by atomic mass is 10.0. The minimum atomic E-state index is 0.245. The van der Waals surface area contributed by atoms with Gasteiger partial charge in [0.2, 0.25) is 0 Å². The summed E-state index contributed by atoms with van der Waals surface area (Å²) in [7, 11) is 0. The van der Waals surface area contributed by atoms with Crippen molar-refractivity contribution in [1.82, 2.24) is 0 Å². The molecule has 0 saturated heterocycles. The number of halogens is 2. The molecule has 0 aliphatic carbocycles. The van der Waals surface area contributed by atoms with E-state index in [1.54, 1.807) is 12.1 Å². The van der Waals surface area contributed by atoms with Gasteiger partial charge in [0.1, 0.15) is 5.78 Å². The largest absolute Gasteiger partial charge is 0.299 e. The van der Waals surface area contributed by atoms with Crippen LogP contribution in [0.1, 0.15) is 38.7 Å². The predicted octanol–water partition coefficient (Wildman–Crippen LogP) is 4.93. The SMILES string of the molecule is CC(C)CCCC(=O)Cc1ccc(Cl)cc1Cl. The summed E-state index contributed by atoms with van der Waals surface area (Å²) in [5, 5.41) is 1.18. The van der Waals surface area contributed by atoms with E-state index in [1.165, 1.54) is 0 Å². The number of ketones is 1. The maximum absolute atomic E-state index is 11.7. The van der Waals surface area contributed by atoms with E-state index in [1.807, 2.05) is 6.07 Å². The van der Waals surface area contributed by atoms with Crippen molar-refractivity contribution in [3.8, 4) is 0 Å². The maximum Gasteiger partial charge on any atom is 0.137 e. The summed E-state index contributed by atoms with van der Waals surface area (Å²) in [6.07, 6.45) is 3.10. The number of carbonyl (C=O) groups is 1. The zero-order valence-electron chi connectivity index (χ0n) is 10.3. The quantitative estimate of drug-likeness (QED) is 0.718. The van der Waals surface area contributed by atoms with E-state index in [0.717, 1.165) is 18.4 Å². The van der Waals surface area contributed by atoms with Crippen molar-refractivity contribution in [1.29, 1.82) is 0 Å². The van der Waals surface area contributed by atoms with Crippen LogP contribution < -0.4 is 0 Å². The molecule has 17 heavy (non-hydrogen) atoms. The van der Waals surface area contributed by atoms with Crippen molar-refractivity contribution in [2.24, 2.45) is 5.92 Å². The van der Waals surface area contributed by atoms with Crippen LogP contribution in [0.4, 0.5) is 0 Å². The summed E-state index contributed by atoms with van der Waals surface area (Å²) in [5.74, 6) is 0.900. The Bertz CT molecular complexity index is 386. The van der Waals surface area contributed by atoms with Crippen molar-refractivity contribution < 1.29 is 4.79 Å². The van der Waals surface area contributed by atoms with Gasteiger partial charge in [0.25, 0.3) is 0 Å². The minimum absolute atomic E-state index is 0.245. The first-order valence-electron chi connectivity index (χ1n) is 5.94. The van der Waals surface area contributed by atoms with Crippen molar-refractivity contribution in [2.45, 2.75) is 39.5 Å². The van der Waals surface area contributed by atoms with Gasteiger partial charge in [-0.05, 0) is 30.0 Å². The summed E-state index contributed by atoms with van der Waals surface area (Å²) in [6, 6.07) is 5.27. The first-order chi connectivity index (χ1) is 7.99. The van der Waals surface area contributed by atoms with Gasteiger partial charge in [-0.25, -0.2) is 0 Å². The van der Waals surface area contributed by atoms with Gasteiger partial charge in [-0.3, -0.25) is 4.79 Å². The van der Waals surface area contributed by atoms with E-state index >= 15 is 0 Å². The lowest BCUT2D eigenvalue weighted by molar-refractivity contribution is -0.118. The summed E-state index contributed by atoms with van der Waals surface area (Å²) in [4.78, 5) is 11.7. The fourth-order valence-corrected chi connectivity index (χ4v) is 2.15. The third-order valence-corrected chi connectivity index (χ3v) is 3.23. The molecule has 0 unspecified atom stereocenters. The van der Waals surface area contributed by atoms with Gasteiger partial charge in [0.05, 0.1) is 0 Å². The van der Waals surface area contributed by atoms with Gasteiger partial charge in [0, 0.05) is 22.9 Å². The summed E-state index contributed by atoms with van der Waals surface area (Å²) in [6.45, 7) is 4.33. The Labute approximate surface area is 113 Å². The van der Waals surface area contributed by atoms with Crippen molar-refractivity contribution in [3.05, 3.63) is 33.8 Å². The number of hydrogen-bond donors (Lipinski definition) is 0. The molecule has 94 valence electrons. The molecular weight excluding hydrogens is 255 g/mol. The lowest BCUT2D eigenvalue weighted by Gasteiger charge is -2.06. The minimum Gasteiger partial charge on any atom is -0.299 e. The predicted molar refractivity (Wildman–Crippen MR) is 73.9 cm³/mol. The van der Waals surface area contributed by atoms with E-state index in [0.29, 0.717) is 28.8 Å². The molecule has 1 aromatic rings. The third kappa shape index (κ3) is 5.56. The number of carbonyl (C=O) groups excluding carboxylic acids is 1. The van der Waals surface area contributed by atoms with Crippen LogP contribution in [0.2, 0.25) is 10.0 Å². The topological polar surface area (TPSA) is 17.1 Å². The second-order valence-corrected chi connectivity index (χ2v) is 5.58. The van der Waals surface area contributed by atoms with Gasteiger partial charge < -0.3 is 0 Å². The second kappa shape index (κ2) is 7.03. The average Bonchev–Trinajstić information content (AvgIpc) is 2.21. The van der Waals surface area contributed by atoms with Crippen LogP contribution in [0.3, 0.4) is 0 Å². The lowest BCUT2D eigenvalue weighted by Crippen LogP contribution is -2.03. The Balaban J connectivity index is 2.45. The van der Waals surface area contributed by atoms with E-state index in [-0.39, 0.29) is 5.78 Å². The number of hydrogen-bond acceptors (Lipinski definition) is 1. The average molecular weight is 273 g/mol. The normalized spacial score (nSPS) is 10.9. The monoisotopic (exact) mass is 272 g/mol. The summed E-state index contributed by atoms with van der Waals surface area (Å²) < 4.78 is 0. The molecule has 0 aliphatic heterocycles. The molecule has 1 rings (SSSR count). The van der Waals surface area contributed by atoms with Gasteiger partial charge in [-0.2, -0.15) is 0 Å². The van der Waals surface area contributed by atoms with Crippen LogP contribution in [0, 0.1) is 5.92 Å².